The van der Waals surface area contributed by atoms with E-state index in [4.69, 9.17) is 10.9 Å². The number of rotatable bonds is 5. The molecule has 2 aromatic rings. The van der Waals surface area contributed by atoms with E-state index < -0.39 is 10.0 Å². The van der Waals surface area contributed by atoms with Gasteiger partial charge >= 0.3 is 0 Å². The number of anilines is 2. The monoisotopic (exact) mass is 309 g/mol. The summed E-state index contributed by atoms with van der Waals surface area (Å²) < 4.78 is 36.1. The second kappa shape index (κ2) is 6.11. The van der Waals surface area contributed by atoms with E-state index in [2.05, 4.69) is 5.32 Å². The average molecular weight is 309 g/mol. The molecule has 0 saturated heterocycles. The number of benzene rings is 2. The fourth-order valence-electron chi connectivity index (χ4n) is 1.95. The predicted octanol–water partition coefficient (Wildman–Crippen LogP) is 1.71. The molecular formula is C14H16FN3O2S. The van der Waals surface area contributed by atoms with Gasteiger partial charge in [0.2, 0.25) is 10.0 Å². The van der Waals surface area contributed by atoms with E-state index in [9.17, 15) is 12.8 Å². The summed E-state index contributed by atoms with van der Waals surface area (Å²) in [5.74, 6) is -0.301. The van der Waals surface area contributed by atoms with Crippen LogP contribution in [-0.4, -0.2) is 15.0 Å². The molecule has 21 heavy (non-hydrogen) atoms. The zero-order chi connectivity index (χ0) is 15.5. The lowest BCUT2D eigenvalue weighted by Crippen LogP contribution is -2.16. The van der Waals surface area contributed by atoms with Gasteiger partial charge in [-0.1, -0.05) is 12.1 Å². The lowest BCUT2D eigenvalue weighted by Gasteiger charge is -2.11. The van der Waals surface area contributed by atoms with Gasteiger partial charge in [0.15, 0.2) is 0 Å². The molecule has 0 atom stereocenters. The summed E-state index contributed by atoms with van der Waals surface area (Å²) in [6, 6.07) is 10.7. The molecule has 0 fully saturated rings. The average Bonchev–Trinajstić information content (AvgIpc) is 2.39. The van der Waals surface area contributed by atoms with E-state index in [-0.39, 0.29) is 10.7 Å². The van der Waals surface area contributed by atoms with Crippen molar-refractivity contribution in [2.75, 3.05) is 17.6 Å². The summed E-state index contributed by atoms with van der Waals surface area (Å²) in [6.07, 6.45) is 0.548. The van der Waals surface area contributed by atoms with Crippen LogP contribution in [0.15, 0.2) is 47.4 Å². The van der Waals surface area contributed by atoms with Crippen LogP contribution in [0.4, 0.5) is 15.8 Å². The normalized spacial score (nSPS) is 11.3. The Morgan fingerprint density at radius 1 is 1.14 bits per heavy atom. The topological polar surface area (TPSA) is 98.2 Å². The summed E-state index contributed by atoms with van der Waals surface area (Å²) in [5.41, 5.74) is 7.08. The highest BCUT2D eigenvalue weighted by Crippen LogP contribution is 2.22. The first-order valence-electron chi connectivity index (χ1n) is 6.27. The van der Waals surface area contributed by atoms with Gasteiger partial charge in [0.05, 0.1) is 5.69 Å². The molecule has 7 heteroatoms. The van der Waals surface area contributed by atoms with Gasteiger partial charge in [-0.3, -0.25) is 0 Å². The van der Waals surface area contributed by atoms with Crippen molar-refractivity contribution in [1.29, 1.82) is 0 Å². The van der Waals surface area contributed by atoms with Crippen molar-refractivity contribution in [2.45, 2.75) is 11.3 Å². The predicted molar refractivity (Wildman–Crippen MR) is 80.8 cm³/mol. The fraction of sp³-hybridized carbons (Fsp3) is 0.143. The standard InChI is InChI=1S/C14H16FN3O2S/c15-11-3-1-2-10(8-11)6-7-18-13-5-4-12(16)9-14(13)21(17,19)20/h1-5,8-9,18H,6-7,16H2,(H2,17,19,20). The molecule has 0 aliphatic carbocycles. The van der Waals surface area contributed by atoms with E-state index in [1.54, 1.807) is 24.3 Å². The lowest BCUT2D eigenvalue weighted by atomic mass is 10.1. The molecular weight excluding hydrogens is 293 g/mol. The van der Waals surface area contributed by atoms with Crippen LogP contribution < -0.4 is 16.2 Å². The molecule has 0 aromatic heterocycles. The Morgan fingerprint density at radius 2 is 1.90 bits per heavy atom. The molecule has 0 unspecified atom stereocenters. The zero-order valence-electron chi connectivity index (χ0n) is 11.2. The van der Waals surface area contributed by atoms with Crippen LogP contribution in [0.2, 0.25) is 0 Å². The maximum atomic E-state index is 13.1. The largest absolute Gasteiger partial charge is 0.399 e. The maximum Gasteiger partial charge on any atom is 0.240 e. The fourth-order valence-corrected chi connectivity index (χ4v) is 2.70. The zero-order valence-corrected chi connectivity index (χ0v) is 12.0. The van der Waals surface area contributed by atoms with E-state index in [0.717, 1.165) is 5.56 Å². The smallest absolute Gasteiger partial charge is 0.240 e. The van der Waals surface area contributed by atoms with Crippen LogP contribution in [-0.2, 0) is 16.4 Å². The van der Waals surface area contributed by atoms with Gasteiger partial charge < -0.3 is 11.1 Å². The Balaban J connectivity index is 2.10. The highest BCUT2D eigenvalue weighted by molar-refractivity contribution is 7.89. The summed E-state index contributed by atoms with van der Waals surface area (Å²) in [4.78, 5) is -0.0539. The van der Waals surface area contributed by atoms with Gasteiger partial charge in [-0.2, -0.15) is 0 Å². The Bertz CT molecular complexity index is 748. The first-order valence-corrected chi connectivity index (χ1v) is 7.81. The minimum atomic E-state index is -3.86. The molecule has 0 heterocycles. The number of nitrogens with two attached hydrogens (primary N) is 2. The Kier molecular flexibility index (Phi) is 4.44. The number of nitrogens with one attached hydrogen (secondary N) is 1. The maximum absolute atomic E-state index is 13.1. The molecule has 5 N–H and O–H groups in total. The minimum Gasteiger partial charge on any atom is -0.399 e. The van der Waals surface area contributed by atoms with Gasteiger partial charge in [-0.15, -0.1) is 0 Å². The molecule has 5 nitrogen and oxygen atoms in total. The van der Waals surface area contributed by atoms with Gasteiger partial charge in [0.1, 0.15) is 10.7 Å². The molecule has 0 amide bonds. The molecule has 0 saturated carbocycles. The van der Waals surface area contributed by atoms with E-state index >= 15 is 0 Å². The summed E-state index contributed by atoms with van der Waals surface area (Å²) >= 11 is 0. The third kappa shape index (κ3) is 4.17. The van der Waals surface area contributed by atoms with Crippen molar-refractivity contribution >= 4 is 21.4 Å². The van der Waals surface area contributed by atoms with Crippen molar-refractivity contribution in [3.8, 4) is 0 Å². The highest BCUT2D eigenvalue weighted by Gasteiger charge is 2.14. The van der Waals surface area contributed by atoms with Crippen molar-refractivity contribution in [2.24, 2.45) is 5.14 Å². The SMILES string of the molecule is Nc1ccc(NCCc2cccc(F)c2)c(S(N)(=O)=O)c1. The number of hydrogen-bond acceptors (Lipinski definition) is 4. The van der Waals surface area contributed by atoms with Gasteiger partial charge in [0.25, 0.3) is 0 Å². The second-order valence-electron chi connectivity index (χ2n) is 4.61. The Labute approximate surface area is 122 Å². The number of sulfonamides is 1. The van der Waals surface area contributed by atoms with Crippen LogP contribution in [0.3, 0.4) is 0 Å². The van der Waals surface area contributed by atoms with Crippen LogP contribution in [0.1, 0.15) is 5.56 Å². The first kappa shape index (κ1) is 15.3. The van der Waals surface area contributed by atoms with Crippen molar-refractivity contribution in [1.82, 2.24) is 0 Å². The van der Waals surface area contributed by atoms with Crippen molar-refractivity contribution < 1.29 is 12.8 Å². The van der Waals surface area contributed by atoms with Gasteiger partial charge in [-0.05, 0) is 42.3 Å². The summed E-state index contributed by atoms with van der Waals surface area (Å²) in [7, 11) is -3.86. The van der Waals surface area contributed by atoms with Crippen LogP contribution in [0.5, 0.6) is 0 Å². The van der Waals surface area contributed by atoms with Gasteiger partial charge in [0, 0.05) is 12.2 Å². The van der Waals surface area contributed by atoms with Crippen molar-refractivity contribution in [3.05, 3.63) is 53.8 Å². The van der Waals surface area contributed by atoms with E-state index in [0.29, 0.717) is 24.3 Å². The molecule has 2 aromatic carbocycles. The van der Waals surface area contributed by atoms with E-state index in [1.807, 2.05) is 0 Å². The molecule has 0 bridgehead atoms. The highest BCUT2D eigenvalue weighted by atomic mass is 32.2. The van der Waals surface area contributed by atoms with Crippen LogP contribution in [0, 0.1) is 5.82 Å². The van der Waals surface area contributed by atoms with E-state index in [1.165, 1.54) is 18.2 Å². The molecule has 2 rings (SSSR count). The first-order chi connectivity index (χ1) is 9.86. The summed E-state index contributed by atoms with van der Waals surface area (Å²) in [6.45, 7) is 0.440. The van der Waals surface area contributed by atoms with Crippen LogP contribution in [0.25, 0.3) is 0 Å². The number of hydrogen-bond donors (Lipinski definition) is 3. The number of halogens is 1. The second-order valence-corrected chi connectivity index (χ2v) is 6.14. The van der Waals surface area contributed by atoms with Crippen LogP contribution >= 0.6 is 0 Å². The molecule has 112 valence electrons. The lowest BCUT2D eigenvalue weighted by molar-refractivity contribution is 0.598. The molecule has 0 aliphatic heterocycles. The molecule has 0 aliphatic rings. The Morgan fingerprint density at radius 3 is 2.57 bits per heavy atom. The molecule has 0 radical (unpaired) electrons. The van der Waals surface area contributed by atoms with Gasteiger partial charge in [-0.25, -0.2) is 17.9 Å². The summed E-state index contributed by atoms with van der Waals surface area (Å²) in [5, 5.41) is 8.13. The number of nitrogen functional groups attached to an aromatic ring is 1. The third-order valence-corrected chi connectivity index (χ3v) is 3.88. The third-order valence-electron chi connectivity index (χ3n) is 2.93. The number of primary sulfonamides is 1. The minimum absolute atomic E-state index is 0.0539. The quantitative estimate of drug-likeness (QED) is 0.732. The Hall–Kier alpha value is -2.12. The molecule has 0 spiro atoms. The van der Waals surface area contributed by atoms with Crippen molar-refractivity contribution in [3.63, 3.8) is 0 Å².